The zero-order valence-corrected chi connectivity index (χ0v) is 16.7. The highest BCUT2D eigenvalue weighted by atomic mass is 32.2. The average Bonchev–Trinajstić information content (AvgIpc) is 2.68. The summed E-state index contributed by atoms with van der Waals surface area (Å²) in [5, 5.41) is 13.9. The maximum Gasteiger partial charge on any atom is 0.338 e. The van der Waals surface area contributed by atoms with Gasteiger partial charge in [-0.2, -0.15) is 0 Å². The second kappa shape index (κ2) is 10.4. The van der Waals surface area contributed by atoms with Gasteiger partial charge in [-0.25, -0.2) is 4.79 Å². The van der Waals surface area contributed by atoms with E-state index in [9.17, 15) is 14.4 Å². The third-order valence-corrected chi connectivity index (χ3v) is 4.37. The Morgan fingerprint density at radius 3 is 2.32 bits per heavy atom. The van der Waals surface area contributed by atoms with E-state index in [1.807, 2.05) is 0 Å². The van der Waals surface area contributed by atoms with E-state index in [1.165, 1.54) is 11.8 Å². The van der Waals surface area contributed by atoms with Gasteiger partial charge >= 0.3 is 5.97 Å². The molecule has 0 unspecified atom stereocenters. The molecular weight excluding hydrogens is 380 g/mol. The molecule has 1 aromatic heterocycles. The Bertz CT molecular complexity index is 823. The van der Waals surface area contributed by atoms with E-state index >= 15 is 0 Å². The van der Waals surface area contributed by atoms with Crippen LogP contribution in [-0.4, -0.2) is 40.3 Å². The van der Waals surface area contributed by atoms with Crippen molar-refractivity contribution in [1.29, 1.82) is 0 Å². The van der Waals surface area contributed by atoms with Crippen molar-refractivity contribution in [3.63, 3.8) is 0 Å². The van der Waals surface area contributed by atoms with E-state index < -0.39 is 5.97 Å². The Labute approximate surface area is 167 Å². The van der Waals surface area contributed by atoms with Crippen LogP contribution in [0.2, 0.25) is 0 Å². The lowest BCUT2D eigenvalue weighted by Gasteiger charge is -2.07. The molecule has 0 fully saturated rings. The van der Waals surface area contributed by atoms with E-state index in [1.54, 1.807) is 57.2 Å². The van der Waals surface area contributed by atoms with Crippen LogP contribution in [0, 0.1) is 5.92 Å². The van der Waals surface area contributed by atoms with E-state index in [2.05, 4.69) is 20.8 Å². The van der Waals surface area contributed by atoms with Gasteiger partial charge in [0.2, 0.25) is 11.8 Å². The number of ether oxygens (including phenoxy) is 1. The van der Waals surface area contributed by atoms with Crippen LogP contribution in [0.25, 0.3) is 0 Å². The quantitative estimate of drug-likeness (QED) is 0.516. The molecule has 0 radical (unpaired) electrons. The minimum Gasteiger partial charge on any atom is -0.462 e. The molecule has 2 aromatic rings. The number of hydrogen-bond acceptors (Lipinski definition) is 7. The van der Waals surface area contributed by atoms with E-state index in [0.717, 1.165) is 0 Å². The summed E-state index contributed by atoms with van der Waals surface area (Å²) in [6, 6.07) is 9.80. The maximum absolute atomic E-state index is 12.1. The Balaban J connectivity index is 1.82. The Hall–Kier alpha value is -2.94. The van der Waals surface area contributed by atoms with Crippen molar-refractivity contribution in [2.45, 2.75) is 25.8 Å². The molecular formula is C19H22N4O4S. The van der Waals surface area contributed by atoms with Crippen LogP contribution in [0.3, 0.4) is 0 Å². The van der Waals surface area contributed by atoms with Crippen LogP contribution in [0.5, 0.6) is 0 Å². The van der Waals surface area contributed by atoms with Gasteiger partial charge in [0.15, 0.2) is 5.82 Å². The first-order chi connectivity index (χ1) is 13.4. The zero-order valence-electron chi connectivity index (χ0n) is 15.9. The third kappa shape index (κ3) is 6.66. The highest BCUT2D eigenvalue weighted by molar-refractivity contribution is 7.99. The molecule has 0 saturated heterocycles. The number of benzene rings is 1. The molecule has 0 saturated carbocycles. The fourth-order valence-corrected chi connectivity index (χ4v) is 2.59. The fourth-order valence-electron chi connectivity index (χ4n) is 1.97. The summed E-state index contributed by atoms with van der Waals surface area (Å²) in [6.07, 6.45) is 0. The van der Waals surface area contributed by atoms with Gasteiger partial charge < -0.3 is 15.4 Å². The van der Waals surface area contributed by atoms with Gasteiger partial charge in [0, 0.05) is 11.6 Å². The number of carbonyl (C=O) groups excluding carboxylic acids is 3. The SMILES string of the molecule is CCOC(=O)c1ccc(NC(=O)CSc2ccc(NC(=O)C(C)C)nn2)cc1. The zero-order chi connectivity index (χ0) is 20.5. The number of aromatic nitrogens is 2. The van der Waals surface area contributed by atoms with Crippen molar-refractivity contribution in [2.75, 3.05) is 23.0 Å². The first-order valence-corrected chi connectivity index (χ1v) is 9.72. The lowest BCUT2D eigenvalue weighted by molar-refractivity contribution is -0.119. The van der Waals surface area contributed by atoms with E-state index in [0.29, 0.717) is 28.7 Å². The molecule has 28 heavy (non-hydrogen) atoms. The second-order valence-electron chi connectivity index (χ2n) is 6.04. The van der Waals surface area contributed by atoms with Crippen LogP contribution in [-0.2, 0) is 14.3 Å². The van der Waals surface area contributed by atoms with Gasteiger partial charge in [0.1, 0.15) is 5.03 Å². The fraction of sp³-hybridized carbons (Fsp3) is 0.316. The second-order valence-corrected chi connectivity index (χ2v) is 7.03. The molecule has 0 spiro atoms. The van der Waals surface area contributed by atoms with Crippen LogP contribution < -0.4 is 10.6 Å². The molecule has 2 amide bonds. The van der Waals surface area contributed by atoms with Gasteiger partial charge in [0.05, 0.1) is 17.9 Å². The molecule has 0 aliphatic carbocycles. The Kier molecular flexibility index (Phi) is 7.94. The van der Waals surface area contributed by atoms with Crippen molar-refractivity contribution in [2.24, 2.45) is 5.92 Å². The summed E-state index contributed by atoms with van der Waals surface area (Å²) < 4.78 is 4.91. The molecule has 1 heterocycles. The third-order valence-electron chi connectivity index (χ3n) is 3.45. The standard InChI is InChI=1S/C19H22N4O4S/c1-4-27-19(26)13-5-7-14(8-6-13)20-16(24)11-28-17-10-9-15(22-23-17)21-18(25)12(2)3/h5-10,12H,4,11H2,1-3H3,(H,20,24)(H,21,22,25). The highest BCUT2D eigenvalue weighted by Crippen LogP contribution is 2.17. The van der Waals surface area contributed by atoms with Crippen molar-refractivity contribution in [3.05, 3.63) is 42.0 Å². The minimum atomic E-state index is -0.400. The molecule has 0 aliphatic heterocycles. The monoisotopic (exact) mass is 402 g/mol. The maximum atomic E-state index is 12.1. The minimum absolute atomic E-state index is 0.136. The lowest BCUT2D eigenvalue weighted by atomic mass is 10.2. The Morgan fingerprint density at radius 1 is 1.04 bits per heavy atom. The summed E-state index contributed by atoms with van der Waals surface area (Å²) >= 11 is 1.22. The summed E-state index contributed by atoms with van der Waals surface area (Å²) in [4.78, 5) is 35.3. The molecule has 0 bridgehead atoms. The van der Waals surface area contributed by atoms with Crippen LogP contribution in [0.4, 0.5) is 11.5 Å². The molecule has 2 N–H and O–H groups in total. The summed E-state index contributed by atoms with van der Waals surface area (Å²) in [5.41, 5.74) is 1.01. The summed E-state index contributed by atoms with van der Waals surface area (Å²) in [7, 11) is 0. The predicted octanol–water partition coefficient (Wildman–Crippen LogP) is 2.98. The number of esters is 1. The topological polar surface area (TPSA) is 110 Å². The van der Waals surface area contributed by atoms with Crippen LogP contribution in [0.15, 0.2) is 41.4 Å². The van der Waals surface area contributed by atoms with Crippen LogP contribution in [0.1, 0.15) is 31.1 Å². The van der Waals surface area contributed by atoms with Crippen molar-refractivity contribution < 1.29 is 19.1 Å². The number of nitrogens with zero attached hydrogens (tertiary/aromatic N) is 2. The number of thioether (sulfide) groups is 1. The molecule has 1 aromatic carbocycles. The van der Waals surface area contributed by atoms with Gasteiger partial charge in [-0.15, -0.1) is 10.2 Å². The number of nitrogens with one attached hydrogen (secondary N) is 2. The lowest BCUT2D eigenvalue weighted by Crippen LogP contribution is -2.18. The van der Waals surface area contributed by atoms with Gasteiger partial charge in [-0.3, -0.25) is 9.59 Å². The number of carbonyl (C=O) groups is 3. The van der Waals surface area contributed by atoms with Crippen molar-refractivity contribution in [3.8, 4) is 0 Å². The van der Waals surface area contributed by atoms with Crippen molar-refractivity contribution in [1.82, 2.24) is 10.2 Å². The average molecular weight is 402 g/mol. The van der Waals surface area contributed by atoms with Gasteiger partial charge in [-0.05, 0) is 43.3 Å². The molecule has 8 nitrogen and oxygen atoms in total. The molecule has 0 aliphatic rings. The van der Waals surface area contributed by atoms with Crippen molar-refractivity contribution >= 4 is 41.1 Å². The largest absolute Gasteiger partial charge is 0.462 e. The normalized spacial score (nSPS) is 10.4. The molecule has 9 heteroatoms. The number of anilines is 2. The van der Waals surface area contributed by atoms with Crippen LogP contribution >= 0.6 is 11.8 Å². The first kappa shape index (κ1) is 21.4. The van der Waals surface area contributed by atoms with E-state index in [4.69, 9.17) is 4.74 Å². The molecule has 2 rings (SSSR count). The number of amides is 2. The predicted molar refractivity (Wildman–Crippen MR) is 107 cm³/mol. The molecule has 0 atom stereocenters. The molecule has 148 valence electrons. The number of rotatable bonds is 8. The first-order valence-electron chi connectivity index (χ1n) is 8.73. The summed E-state index contributed by atoms with van der Waals surface area (Å²) in [6.45, 7) is 5.62. The van der Waals surface area contributed by atoms with Gasteiger partial charge in [-0.1, -0.05) is 25.6 Å². The summed E-state index contributed by atoms with van der Waals surface area (Å²) in [5.74, 6) is -0.384. The Morgan fingerprint density at radius 2 is 1.75 bits per heavy atom. The van der Waals surface area contributed by atoms with Gasteiger partial charge in [0.25, 0.3) is 0 Å². The smallest absolute Gasteiger partial charge is 0.338 e. The van der Waals surface area contributed by atoms with E-state index in [-0.39, 0.29) is 23.5 Å². The number of hydrogen-bond donors (Lipinski definition) is 2. The highest BCUT2D eigenvalue weighted by Gasteiger charge is 2.10.